The first kappa shape index (κ1) is 24.1. The number of carbonyl (C=O) groups is 3. The van der Waals surface area contributed by atoms with Crippen molar-refractivity contribution in [3.8, 4) is 11.5 Å². The van der Waals surface area contributed by atoms with Gasteiger partial charge in [0.25, 0.3) is 5.91 Å². The molecular formula is C25H31N3O5. The topological polar surface area (TPSA) is 97.0 Å². The van der Waals surface area contributed by atoms with Gasteiger partial charge >= 0.3 is 6.03 Å². The number of rotatable bonds is 10. The molecule has 33 heavy (non-hydrogen) atoms. The van der Waals surface area contributed by atoms with Crippen LogP contribution in [0.1, 0.15) is 44.7 Å². The van der Waals surface area contributed by atoms with Crippen LogP contribution in [0.5, 0.6) is 11.5 Å². The van der Waals surface area contributed by atoms with Crippen LogP contribution in [0.2, 0.25) is 0 Å². The number of ether oxygens (including phenoxy) is 2. The maximum Gasteiger partial charge on any atom is 0.325 e. The highest BCUT2D eigenvalue weighted by Crippen LogP contribution is 2.29. The van der Waals surface area contributed by atoms with Crippen LogP contribution in [0, 0.1) is 0 Å². The molecule has 1 fully saturated rings. The Labute approximate surface area is 194 Å². The average Bonchev–Trinajstić information content (AvgIpc) is 3.02. The summed E-state index contributed by atoms with van der Waals surface area (Å²) in [6, 6.07) is 14.2. The van der Waals surface area contributed by atoms with Crippen molar-refractivity contribution < 1.29 is 23.9 Å². The Bertz CT molecular complexity index is 988. The number of hydrogen-bond acceptors (Lipinski definition) is 5. The minimum atomic E-state index is -1.20. The first-order chi connectivity index (χ1) is 15.7. The van der Waals surface area contributed by atoms with Crippen molar-refractivity contribution >= 4 is 17.8 Å². The number of benzene rings is 2. The Hall–Kier alpha value is -3.55. The minimum Gasteiger partial charge on any atom is -0.494 e. The predicted molar refractivity (Wildman–Crippen MR) is 124 cm³/mol. The molecular weight excluding hydrogens is 422 g/mol. The minimum absolute atomic E-state index is 0.240. The molecule has 0 bridgehead atoms. The van der Waals surface area contributed by atoms with Gasteiger partial charge in [0.05, 0.1) is 13.2 Å². The largest absolute Gasteiger partial charge is 0.494 e. The van der Waals surface area contributed by atoms with E-state index >= 15 is 0 Å². The van der Waals surface area contributed by atoms with Gasteiger partial charge in [-0.15, -0.1) is 0 Å². The van der Waals surface area contributed by atoms with E-state index in [1.54, 1.807) is 19.1 Å². The number of hydrogen-bond donors (Lipinski definition) is 2. The number of amides is 4. The fourth-order valence-corrected chi connectivity index (χ4v) is 3.60. The number of imide groups is 1. The summed E-state index contributed by atoms with van der Waals surface area (Å²) in [6.45, 7) is 8.47. The normalized spacial score (nSPS) is 17.8. The zero-order valence-electron chi connectivity index (χ0n) is 19.5. The van der Waals surface area contributed by atoms with Crippen LogP contribution in [-0.4, -0.2) is 49.0 Å². The maximum absolute atomic E-state index is 13.0. The number of urea groups is 1. The predicted octanol–water partition coefficient (Wildman–Crippen LogP) is 3.17. The van der Waals surface area contributed by atoms with E-state index in [-0.39, 0.29) is 19.7 Å². The zero-order chi connectivity index (χ0) is 24.0. The Morgan fingerprint density at radius 3 is 2.21 bits per heavy atom. The summed E-state index contributed by atoms with van der Waals surface area (Å²) in [5.74, 6) is 0.883. The molecule has 176 valence electrons. The molecule has 1 aliphatic heterocycles. The molecule has 0 radical (unpaired) electrons. The second kappa shape index (κ2) is 10.4. The van der Waals surface area contributed by atoms with Gasteiger partial charge < -0.3 is 20.1 Å². The summed E-state index contributed by atoms with van der Waals surface area (Å²) in [6.07, 6.45) is 0. The molecule has 1 saturated heterocycles. The van der Waals surface area contributed by atoms with E-state index in [4.69, 9.17) is 9.47 Å². The molecule has 2 aromatic carbocycles. The van der Waals surface area contributed by atoms with E-state index in [1.807, 2.05) is 43.3 Å². The molecule has 1 heterocycles. The monoisotopic (exact) mass is 453 g/mol. The van der Waals surface area contributed by atoms with Gasteiger partial charge in [-0.1, -0.05) is 38.1 Å². The Morgan fingerprint density at radius 2 is 1.64 bits per heavy atom. The maximum atomic E-state index is 13.0. The summed E-state index contributed by atoms with van der Waals surface area (Å²) in [7, 11) is 0. The van der Waals surface area contributed by atoms with Gasteiger partial charge in [-0.05, 0) is 55.2 Å². The molecule has 1 aliphatic rings. The summed E-state index contributed by atoms with van der Waals surface area (Å²) in [5.41, 5.74) is 0.614. The van der Waals surface area contributed by atoms with Crippen LogP contribution < -0.4 is 20.1 Å². The van der Waals surface area contributed by atoms with Crippen molar-refractivity contribution in [1.82, 2.24) is 15.5 Å². The van der Waals surface area contributed by atoms with Crippen LogP contribution in [0.15, 0.2) is 48.5 Å². The first-order valence-electron chi connectivity index (χ1n) is 11.1. The van der Waals surface area contributed by atoms with Gasteiger partial charge in [-0.2, -0.15) is 0 Å². The molecule has 3 rings (SSSR count). The van der Waals surface area contributed by atoms with Crippen LogP contribution in [-0.2, 0) is 15.1 Å². The Balaban J connectivity index is 1.50. The molecule has 2 aromatic rings. The molecule has 1 unspecified atom stereocenters. The van der Waals surface area contributed by atoms with Gasteiger partial charge in [0, 0.05) is 0 Å². The molecule has 0 saturated carbocycles. The average molecular weight is 454 g/mol. The summed E-state index contributed by atoms with van der Waals surface area (Å²) in [5, 5.41) is 5.40. The quantitative estimate of drug-likeness (QED) is 0.425. The van der Waals surface area contributed by atoms with Crippen molar-refractivity contribution in [2.24, 2.45) is 0 Å². The van der Waals surface area contributed by atoms with E-state index in [9.17, 15) is 14.4 Å². The fourth-order valence-electron chi connectivity index (χ4n) is 3.60. The van der Waals surface area contributed by atoms with Gasteiger partial charge in [-0.25, -0.2) is 4.79 Å². The third kappa shape index (κ3) is 5.63. The highest BCUT2D eigenvalue weighted by Gasteiger charge is 2.49. The van der Waals surface area contributed by atoms with Crippen LogP contribution in [0.4, 0.5) is 4.79 Å². The molecule has 8 heteroatoms. The van der Waals surface area contributed by atoms with Crippen molar-refractivity contribution in [1.29, 1.82) is 0 Å². The third-order valence-corrected chi connectivity index (χ3v) is 5.56. The van der Waals surface area contributed by atoms with E-state index in [0.717, 1.165) is 16.2 Å². The van der Waals surface area contributed by atoms with Crippen LogP contribution >= 0.6 is 0 Å². The number of nitrogens with zero attached hydrogens (tertiary/aromatic N) is 1. The van der Waals surface area contributed by atoms with Crippen molar-refractivity contribution in [3.05, 3.63) is 59.7 Å². The van der Waals surface area contributed by atoms with E-state index in [0.29, 0.717) is 23.8 Å². The van der Waals surface area contributed by atoms with Gasteiger partial charge in [-0.3, -0.25) is 14.5 Å². The molecule has 2 N–H and O–H groups in total. The lowest BCUT2D eigenvalue weighted by atomic mass is 9.90. The van der Waals surface area contributed by atoms with Crippen LogP contribution in [0.25, 0.3) is 0 Å². The number of nitrogens with one attached hydrogen (secondary N) is 2. The zero-order valence-corrected chi connectivity index (χ0v) is 19.5. The smallest absolute Gasteiger partial charge is 0.325 e. The van der Waals surface area contributed by atoms with E-state index in [1.165, 1.54) is 0 Å². The third-order valence-electron chi connectivity index (χ3n) is 5.56. The van der Waals surface area contributed by atoms with E-state index in [2.05, 4.69) is 24.5 Å². The molecule has 0 aliphatic carbocycles. The number of carbonyl (C=O) groups excluding carboxylic acids is 3. The van der Waals surface area contributed by atoms with Gasteiger partial charge in [0.2, 0.25) is 5.91 Å². The van der Waals surface area contributed by atoms with Crippen molar-refractivity contribution in [3.63, 3.8) is 0 Å². The molecule has 4 amide bonds. The van der Waals surface area contributed by atoms with Crippen molar-refractivity contribution in [2.75, 3.05) is 26.3 Å². The molecule has 1 atom stereocenters. The Morgan fingerprint density at radius 1 is 1.03 bits per heavy atom. The lowest BCUT2D eigenvalue weighted by Gasteiger charge is -2.22. The summed E-state index contributed by atoms with van der Waals surface area (Å²) < 4.78 is 11.0. The molecule has 0 aromatic heterocycles. The van der Waals surface area contributed by atoms with Crippen LogP contribution in [0.3, 0.4) is 0 Å². The standard InChI is InChI=1S/C25H31N3O5/c1-5-32-20-10-12-21(13-11-20)33-15-14-26-22(29)16-28-23(30)25(4,27-24(28)31)19-8-6-18(7-9-19)17(2)3/h6-13,17H,5,14-16H2,1-4H3,(H,26,29)(H,27,31). The lowest BCUT2D eigenvalue weighted by molar-refractivity contribution is -0.134. The first-order valence-corrected chi connectivity index (χ1v) is 11.1. The molecule has 8 nitrogen and oxygen atoms in total. The van der Waals surface area contributed by atoms with E-state index < -0.39 is 23.4 Å². The molecule has 0 spiro atoms. The summed E-state index contributed by atoms with van der Waals surface area (Å²) in [4.78, 5) is 38.7. The Kier molecular flexibility index (Phi) is 7.58. The SMILES string of the molecule is CCOc1ccc(OCCNC(=O)CN2C(=O)NC(C)(c3ccc(C(C)C)cc3)C2=O)cc1. The highest BCUT2D eigenvalue weighted by atomic mass is 16.5. The highest BCUT2D eigenvalue weighted by molar-refractivity contribution is 6.09. The summed E-state index contributed by atoms with van der Waals surface area (Å²) >= 11 is 0. The van der Waals surface area contributed by atoms with Crippen molar-refractivity contribution in [2.45, 2.75) is 39.2 Å². The van der Waals surface area contributed by atoms with Gasteiger partial charge in [0.15, 0.2) is 0 Å². The lowest BCUT2D eigenvalue weighted by Crippen LogP contribution is -2.43. The second-order valence-electron chi connectivity index (χ2n) is 8.33. The second-order valence-corrected chi connectivity index (χ2v) is 8.33. The van der Waals surface area contributed by atoms with Gasteiger partial charge in [0.1, 0.15) is 30.2 Å². The fraction of sp³-hybridized carbons (Fsp3) is 0.400.